The van der Waals surface area contributed by atoms with E-state index in [-0.39, 0.29) is 16.7 Å². The highest BCUT2D eigenvalue weighted by Gasteiger charge is 2.16. The fraction of sp³-hybridized carbons (Fsp3) is 0.200. The third kappa shape index (κ3) is 4.43. The number of amides is 1. The predicted octanol–water partition coefficient (Wildman–Crippen LogP) is 2.96. The van der Waals surface area contributed by atoms with Crippen LogP contribution in [-0.4, -0.2) is 17.0 Å². The fourth-order valence-electron chi connectivity index (χ4n) is 1.64. The normalized spacial score (nSPS) is 11.8. The first-order valence-electron chi connectivity index (χ1n) is 6.35. The van der Waals surface area contributed by atoms with Gasteiger partial charge in [0.15, 0.2) is 6.10 Å². The second-order valence-corrected chi connectivity index (χ2v) is 4.78. The molecule has 2 aromatic rings. The van der Waals surface area contributed by atoms with Gasteiger partial charge in [-0.1, -0.05) is 17.7 Å². The van der Waals surface area contributed by atoms with E-state index in [0.29, 0.717) is 6.54 Å². The summed E-state index contributed by atoms with van der Waals surface area (Å²) in [6.45, 7) is 1.90. The zero-order chi connectivity index (χ0) is 15.2. The Morgan fingerprint density at radius 1 is 1.43 bits per heavy atom. The number of nitrogens with zero attached hydrogens (tertiary/aromatic N) is 1. The van der Waals surface area contributed by atoms with Crippen LogP contribution in [0.5, 0.6) is 5.75 Å². The SMILES string of the molecule is C[C@H](Oc1ccc(F)cc1Cl)C(=O)NCc1ccccn1. The lowest BCUT2D eigenvalue weighted by atomic mass is 10.3. The number of ether oxygens (including phenoxy) is 1. The summed E-state index contributed by atoms with van der Waals surface area (Å²) in [4.78, 5) is 16.0. The molecule has 4 nitrogen and oxygen atoms in total. The highest BCUT2D eigenvalue weighted by Crippen LogP contribution is 2.25. The van der Waals surface area contributed by atoms with E-state index in [0.717, 1.165) is 11.8 Å². The highest BCUT2D eigenvalue weighted by atomic mass is 35.5. The summed E-state index contributed by atoms with van der Waals surface area (Å²) < 4.78 is 18.3. The molecule has 0 saturated heterocycles. The monoisotopic (exact) mass is 308 g/mol. The van der Waals surface area contributed by atoms with Crippen molar-refractivity contribution in [3.63, 3.8) is 0 Å². The van der Waals surface area contributed by atoms with Crippen LogP contribution in [0.25, 0.3) is 0 Å². The summed E-state index contributed by atoms with van der Waals surface area (Å²) in [5.41, 5.74) is 0.748. The van der Waals surface area contributed by atoms with Gasteiger partial charge < -0.3 is 10.1 Å². The van der Waals surface area contributed by atoms with Crippen molar-refractivity contribution in [2.75, 3.05) is 0 Å². The molecule has 21 heavy (non-hydrogen) atoms. The van der Waals surface area contributed by atoms with Crippen LogP contribution < -0.4 is 10.1 Å². The number of halogens is 2. The molecule has 0 spiro atoms. The van der Waals surface area contributed by atoms with Crippen molar-refractivity contribution in [2.45, 2.75) is 19.6 Å². The van der Waals surface area contributed by atoms with E-state index in [2.05, 4.69) is 10.3 Å². The first kappa shape index (κ1) is 15.3. The van der Waals surface area contributed by atoms with E-state index >= 15 is 0 Å². The molecule has 0 aliphatic heterocycles. The number of carbonyl (C=O) groups is 1. The van der Waals surface area contributed by atoms with Gasteiger partial charge in [-0.15, -0.1) is 0 Å². The minimum absolute atomic E-state index is 0.124. The van der Waals surface area contributed by atoms with Gasteiger partial charge in [-0.05, 0) is 37.3 Å². The van der Waals surface area contributed by atoms with Crippen molar-refractivity contribution in [3.05, 3.63) is 59.1 Å². The number of hydrogen-bond donors (Lipinski definition) is 1. The van der Waals surface area contributed by atoms with Gasteiger partial charge in [-0.25, -0.2) is 4.39 Å². The van der Waals surface area contributed by atoms with Crippen LogP contribution in [-0.2, 0) is 11.3 Å². The Labute approximate surface area is 126 Å². The summed E-state index contributed by atoms with van der Waals surface area (Å²) in [5, 5.41) is 2.83. The molecule has 110 valence electrons. The summed E-state index contributed by atoms with van der Waals surface area (Å²) in [6, 6.07) is 9.19. The van der Waals surface area contributed by atoms with Gasteiger partial charge in [0.1, 0.15) is 11.6 Å². The van der Waals surface area contributed by atoms with Crippen molar-refractivity contribution < 1.29 is 13.9 Å². The maximum Gasteiger partial charge on any atom is 0.261 e. The lowest BCUT2D eigenvalue weighted by Gasteiger charge is -2.15. The van der Waals surface area contributed by atoms with Crippen molar-refractivity contribution >= 4 is 17.5 Å². The number of pyridine rings is 1. The number of nitrogens with one attached hydrogen (secondary N) is 1. The molecule has 6 heteroatoms. The Morgan fingerprint density at radius 2 is 2.24 bits per heavy atom. The quantitative estimate of drug-likeness (QED) is 0.924. The van der Waals surface area contributed by atoms with Gasteiger partial charge in [0.05, 0.1) is 17.3 Å². The van der Waals surface area contributed by atoms with Gasteiger partial charge in [0, 0.05) is 6.20 Å². The molecule has 0 fully saturated rings. The molecule has 0 radical (unpaired) electrons. The molecule has 2 rings (SSSR count). The number of hydrogen-bond acceptors (Lipinski definition) is 3. The van der Waals surface area contributed by atoms with Gasteiger partial charge >= 0.3 is 0 Å². The first-order valence-corrected chi connectivity index (χ1v) is 6.73. The van der Waals surface area contributed by atoms with Gasteiger partial charge in [0.25, 0.3) is 5.91 Å². The largest absolute Gasteiger partial charge is 0.479 e. The zero-order valence-corrected chi connectivity index (χ0v) is 12.1. The second-order valence-electron chi connectivity index (χ2n) is 4.37. The molecule has 1 atom stereocenters. The summed E-state index contributed by atoms with van der Waals surface area (Å²) in [6.07, 6.45) is 0.899. The number of benzene rings is 1. The van der Waals surface area contributed by atoms with Crippen LogP contribution in [0.2, 0.25) is 5.02 Å². The smallest absolute Gasteiger partial charge is 0.261 e. The topological polar surface area (TPSA) is 51.2 Å². The van der Waals surface area contributed by atoms with Crippen LogP contribution in [0, 0.1) is 5.82 Å². The number of rotatable bonds is 5. The minimum atomic E-state index is -0.753. The maximum atomic E-state index is 12.9. The molecule has 0 aliphatic rings. The molecule has 0 unspecified atom stereocenters. The number of carbonyl (C=O) groups excluding carboxylic acids is 1. The van der Waals surface area contributed by atoms with Crippen LogP contribution in [0.1, 0.15) is 12.6 Å². The third-order valence-electron chi connectivity index (χ3n) is 2.74. The molecular formula is C15H14ClFN2O2. The Kier molecular flexibility index (Phi) is 5.11. The van der Waals surface area contributed by atoms with E-state index < -0.39 is 11.9 Å². The fourth-order valence-corrected chi connectivity index (χ4v) is 1.85. The van der Waals surface area contributed by atoms with Crippen LogP contribution in [0.15, 0.2) is 42.6 Å². The molecule has 1 aromatic carbocycles. The van der Waals surface area contributed by atoms with Gasteiger partial charge in [-0.2, -0.15) is 0 Å². The van der Waals surface area contributed by atoms with E-state index in [4.69, 9.17) is 16.3 Å². The predicted molar refractivity (Wildman–Crippen MR) is 77.6 cm³/mol. The lowest BCUT2D eigenvalue weighted by molar-refractivity contribution is -0.127. The molecule has 1 N–H and O–H groups in total. The second kappa shape index (κ2) is 7.04. The summed E-state index contributed by atoms with van der Waals surface area (Å²) in [7, 11) is 0. The Morgan fingerprint density at radius 3 is 2.90 bits per heavy atom. The Hall–Kier alpha value is -2.14. The average Bonchev–Trinajstić information content (AvgIpc) is 2.48. The van der Waals surface area contributed by atoms with Crippen LogP contribution in [0.3, 0.4) is 0 Å². The minimum Gasteiger partial charge on any atom is -0.479 e. The first-order chi connectivity index (χ1) is 10.1. The Balaban J connectivity index is 1.90. The zero-order valence-electron chi connectivity index (χ0n) is 11.3. The van der Waals surface area contributed by atoms with Crippen LogP contribution in [0.4, 0.5) is 4.39 Å². The van der Waals surface area contributed by atoms with Gasteiger partial charge in [-0.3, -0.25) is 9.78 Å². The molecule has 0 aliphatic carbocycles. The van der Waals surface area contributed by atoms with E-state index in [9.17, 15) is 9.18 Å². The van der Waals surface area contributed by atoms with E-state index in [1.54, 1.807) is 19.2 Å². The molecule has 1 heterocycles. The molecule has 1 aromatic heterocycles. The standard InChI is InChI=1S/C15H14ClFN2O2/c1-10(21-14-6-5-11(17)8-13(14)16)15(20)19-9-12-4-2-3-7-18-12/h2-8,10H,9H2,1H3,(H,19,20)/t10-/m0/s1. The van der Waals surface area contributed by atoms with E-state index in [1.807, 2.05) is 12.1 Å². The van der Waals surface area contributed by atoms with Crippen molar-refractivity contribution in [2.24, 2.45) is 0 Å². The Bertz CT molecular complexity index is 622. The molecule has 0 bridgehead atoms. The third-order valence-corrected chi connectivity index (χ3v) is 3.03. The van der Waals surface area contributed by atoms with Gasteiger partial charge in [0.2, 0.25) is 0 Å². The maximum absolute atomic E-state index is 12.9. The summed E-state index contributed by atoms with van der Waals surface area (Å²) in [5.74, 6) is -0.501. The van der Waals surface area contributed by atoms with Crippen molar-refractivity contribution in [1.82, 2.24) is 10.3 Å². The lowest BCUT2D eigenvalue weighted by Crippen LogP contribution is -2.36. The highest BCUT2D eigenvalue weighted by molar-refractivity contribution is 6.32. The molecule has 1 amide bonds. The molecule has 0 saturated carbocycles. The average molecular weight is 309 g/mol. The van der Waals surface area contributed by atoms with Crippen LogP contribution >= 0.6 is 11.6 Å². The van der Waals surface area contributed by atoms with Crippen molar-refractivity contribution in [1.29, 1.82) is 0 Å². The molecular weight excluding hydrogens is 295 g/mol. The van der Waals surface area contributed by atoms with Crippen molar-refractivity contribution in [3.8, 4) is 5.75 Å². The number of aromatic nitrogens is 1. The summed E-state index contributed by atoms with van der Waals surface area (Å²) >= 11 is 5.84. The van der Waals surface area contributed by atoms with E-state index in [1.165, 1.54) is 12.1 Å².